The molecule has 3 nitrogen and oxygen atoms in total. The SMILES string of the molecule is CCN(CC)C(=O)Cn1c(-c2cccs2)cc2ccccc21. The number of aromatic nitrogens is 1. The van der Waals surface area contributed by atoms with Crippen molar-refractivity contribution >= 4 is 28.1 Å². The van der Waals surface area contributed by atoms with Crippen LogP contribution in [0.3, 0.4) is 0 Å². The fourth-order valence-corrected chi connectivity index (χ4v) is 3.57. The smallest absolute Gasteiger partial charge is 0.242 e. The first-order chi connectivity index (χ1) is 10.7. The predicted molar refractivity (Wildman–Crippen MR) is 93.2 cm³/mol. The molecule has 0 bridgehead atoms. The molecule has 22 heavy (non-hydrogen) atoms. The summed E-state index contributed by atoms with van der Waals surface area (Å²) in [5.41, 5.74) is 2.24. The molecule has 0 aliphatic rings. The van der Waals surface area contributed by atoms with Crippen LogP contribution in [-0.4, -0.2) is 28.5 Å². The van der Waals surface area contributed by atoms with Gasteiger partial charge in [-0.1, -0.05) is 24.3 Å². The fraction of sp³-hybridized carbons (Fsp3) is 0.278. The van der Waals surface area contributed by atoms with Crippen molar-refractivity contribution in [1.29, 1.82) is 0 Å². The van der Waals surface area contributed by atoms with Gasteiger partial charge in [0.1, 0.15) is 6.54 Å². The predicted octanol–water partition coefficient (Wildman–Crippen LogP) is 4.24. The first kappa shape index (κ1) is 14.9. The van der Waals surface area contributed by atoms with E-state index in [1.807, 2.05) is 36.9 Å². The van der Waals surface area contributed by atoms with Crippen LogP contribution in [0.15, 0.2) is 47.8 Å². The molecule has 3 aromatic rings. The number of hydrogen-bond acceptors (Lipinski definition) is 2. The molecule has 0 atom stereocenters. The zero-order valence-electron chi connectivity index (χ0n) is 13.0. The van der Waals surface area contributed by atoms with Gasteiger partial charge in [0.15, 0.2) is 0 Å². The standard InChI is InChI=1S/C18H20N2OS/c1-3-19(4-2)18(21)13-20-15-9-6-5-8-14(15)12-16(20)17-10-7-11-22-17/h5-12H,3-4,13H2,1-2H3. The van der Waals surface area contributed by atoms with Gasteiger partial charge in [-0.05, 0) is 37.4 Å². The number of likely N-dealkylation sites (N-methyl/N-ethyl adjacent to an activating group) is 1. The van der Waals surface area contributed by atoms with Gasteiger partial charge in [0.05, 0.1) is 10.6 Å². The number of nitrogens with zero attached hydrogens (tertiary/aromatic N) is 2. The Bertz CT molecular complexity index is 770. The summed E-state index contributed by atoms with van der Waals surface area (Å²) in [4.78, 5) is 15.6. The van der Waals surface area contributed by atoms with Crippen LogP contribution < -0.4 is 0 Å². The number of thiophene rings is 1. The number of rotatable bonds is 5. The summed E-state index contributed by atoms with van der Waals surface area (Å²) in [7, 11) is 0. The van der Waals surface area contributed by atoms with Gasteiger partial charge in [-0.25, -0.2) is 0 Å². The van der Waals surface area contributed by atoms with Gasteiger partial charge in [0.2, 0.25) is 5.91 Å². The molecule has 2 aromatic heterocycles. The average Bonchev–Trinajstić information content (AvgIpc) is 3.16. The highest BCUT2D eigenvalue weighted by Gasteiger charge is 2.16. The molecule has 1 aromatic carbocycles. The average molecular weight is 312 g/mol. The minimum absolute atomic E-state index is 0.171. The summed E-state index contributed by atoms with van der Waals surface area (Å²) >= 11 is 1.71. The van der Waals surface area contributed by atoms with Crippen molar-refractivity contribution in [3.05, 3.63) is 47.8 Å². The van der Waals surface area contributed by atoms with Crippen molar-refractivity contribution in [2.75, 3.05) is 13.1 Å². The number of para-hydroxylation sites is 1. The lowest BCUT2D eigenvalue weighted by atomic mass is 10.2. The lowest BCUT2D eigenvalue weighted by Gasteiger charge is -2.20. The van der Waals surface area contributed by atoms with E-state index in [2.05, 4.69) is 34.2 Å². The van der Waals surface area contributed by atoms with Crippen molar-refractivity contribution in [2.24, 2.45) is 0 Å². The van der Waals surface area contributed by atoms with E-state index in [-0.39, 0.29) is 5.91 Å². The van der Waals surface area contributed by atoms with Crippen LogP contribution in [0.5, 0.6) is 0 Å². The Morgan fingerprint density at radius 3 is 2.59 bits per heavy atom. The Morgan fingerprint density at radius 2 is 1.91 bits per heavy atom. The molecule has 2 heterocycles. The highest BCUT2D eigenvalue weighted by atomic mass is 32.1. The van der Waals surface area contributed by atoms with E-state index < -0.39 is 0 Å². The van der Waals surface area contributed by atoms with Gasteiger partial charge in [0.25, 0.3) is 0 Å². The molecular formula is C18H20N2OS. The van der Waals surface area contributed by atoms with E-state index in [4.69, 9.17) is 0 Å². The zero-order chi connectivity index (χ0) is 15.5. The second-order valence-electron chi connectivity index (χ2n) is 5.22. The summed E-state index contributed by atoms with van der Waals surface area (Å²) in [6, 6.07) is 14.6. The molecule has 0 radical (unpaired) electrons. The summed E-state index contributed by atoms with van der Waals surface area (Å²) in [5.74, 6) is 0.171. The molecule has 0 saturated heterocycles. The topological polar surface area (TPSA) is 25.2 Å². The number of fused-ring (bicyclic) bond motifs is 1. The molecule has 0 fully saturated rings. The number of benzene rings is 1. The first-order valence-corrected chi connectivity index (χ1v) is 8.52. The number of carbonyl (C=O) groups excluding carboxylic acids is 1. The second kappa shape index (κ2) is 6.36. The Balaban J connectivity index is 2.06. The number of carbonyl (C=O) groups is 1. The first-order valence-electron chi connectivity index (χ1n) is 7.64. The van der Waals surface area contributed by atoms with E-state index in [1.165, 1.54) is 10.3 Å². The normalized spacial score (nSPS) is 11.0. The van der Waals surface area contributed by atoms with Crippen LogP contribution >= 0.6 is 11.3 Å². The second-order valence-corrected chi connectivity index (χ2v) is 6.17. The fourth-order valence-electron chi connectivity index (χ4n) is 2.82. The van der Waals surface area contributed by atoms with Gasteiger partial charge >= 0.3 is 0 Å². The highest BCUT2D eigenvalue weighted by molar-refractivity contribution is 7.13. The maximum absolute atomic E-state index is 12.5. The molecule has 0 saturated carbocycles. The monoisotopic (exact) mass is 312 g/mol. The molecule has 0 aliphatic carbocycles. The van der Waals surface area contributed by atoms with Gasteiger partial charge in [-0.2, -0.15) is 0 Å². The Morgan fingerprint density at radius 1 is 1.14 bits per heavy atom. The van der Waals surface area contributed by atoms with Gasteiger partial charge < -0.3 is 9.47 Å². The number of amides is 1. The van der Waals surface area contributed by atoms with Crippen LogP contribution in [0.25, 0.3) is 21.5 Å². The summed E-state index contributed by atoms with van der Waals surface area (Å²) in [6.07, 6.45) is 0. The molecule has 114 valence electrons. The third-order valence-corrected chi connectivity index (χ3v) is 4.89. The van der Waals surface area contributed by atoms with Crippen LogP contribution in [0, 0.1) is 0 Å². The van der Waals surface area contributed by atoms with E-state index >= 15 is 0 Å². The lowest BCUT2D eigenvalue weighted by molar-refractivity contribution is -0.131. The van der Waals surface area contributed by atoms with Crippen LogP contribution in [0.4, 0.5) is 0 Å². The Hall–Kier alpha value is -2.07. The molecule has 0 aliphatic heterocycles. The third-order valence-electron chi connectivity index (χ3n) is 3.99. The van der Waals surface area contributed by atoms with E-state index in [0.717, 1.165) is 24.3 Å². The molecule has 0 spiro atoms. The van der Waals surface area contributed by atoms with Gasteiger partial charge in [-0.3, -0.25) is 4.79 Å². The molecule has 1 amide bonds. The largest absolute Gasteiger partial charge is 0.342 e. The minimum Gasteiger partial charge on any atom is -0.342 e. The van der Waals surface area contributed by atoms with Gasteiger partial charge in [-0.15, -0.1) is 11.3 Å². The van der Waals surface area contributed by atoms with Crippen molar-refractivity contribution in [3.8, 4) is 10.6 Å². The van der Waals surface area contributed by atoms with E-state index in [0.29, 0.717) is 6.54 Å². The van der Waals surface area contributed by atoms with Crippen LogP contribution in [0.2, 0.25) is 0 Å². The van der Waals surface area contributed by atoms with Crippen molar-refractivity contribution in [3.63, 3.8) is 0 Å². The van der Waals surface area contributed by atoms with Gasteiger partial charge in [0, 0.05) is 24.0 Å². The van der Waals surface area contributed by atoms with Crippen molar-refractivity contribution in [2.45, 2.75) is 20.4 Å². The Kier molecular flexibility index (Phi) is 4.29. The molecule has 4 heteroatoms. The summed E-state index contributed by atoms with van der Waals surface area (Å²) in [6.45, 7) is 5.94. The molecular weight excluding hydrogens is 292 g/mol. The highest BCUT2D eigenvalue weighted by Crippen LogP contribution is 2.31. The maximum Gasteiger partial charge on any atom is 0.242 e. The van der Waals surface area contributed by atoms with Crippen molar-refractivity contribution < 1.29 is 4.79 Å². The summed E-state index contributed by atoms with van der Waals surface area (Å²) < 4.78 is 2.14. The quantitative estimate of drug-likeness (QED) is 0.692. The van der Waals surface area contributed by atoms with Crippen LogP contribution in [-0.2, 0) is 11.3 Å². The molecule has 0 N–H and O–H groups in total. The minimum atomic E-state index is 0.171. The molecule has 0 unspecified atom stereocenters. The summed E-state index contributed by atoms with van der Waals surface area (Å²) in [5, 5.41) is 3.25. The van der Waals surface area contributed by atoms with Crippen LogP contribution in [0.1, 0.15) is 13.8 Å². The Labute approximate surface area is 134 Å². The van der Waals surface area contributed by atoms with E-state index in [9.17, 15) is 4.79 Å². The third kappa shape index (κ3) is 2.66. The number of hydrogen-bond donors (Lipinski definition) is 0. The van der Waals surface area contributed by atoms with Crippen molar-refractivity contribution in [1.82, 2.24) is 9.47 Å². The maximum atomic E-state index is 12.5. The lowest BCUT2D eigenvalue weighted by Crippen LogP contribution is -2.33. The zero-order valence-corrected chi connectivity index (χ0v) is 13.8. The van der Waals surface area contributed by atoms with E-state index in [1.54, 1.807) is 11.3 Å². The molecule has 3 rings (SSSR count).